The van der Waals surface area contributed by atoms with Crippen LogP contribution in [0.1, 0.15) is 63.6 Å². The van der Waals surface area contributed by atoms with E-state index in [0.717, 1.165) is 86.1 Å². The van der Waals surface area contributed by atoms with E-state index in [1.807, 2.05) is 12.1 Å². The van der Waals surface area contributed by atoms with Crippen molar-refractivity contribution in [3.63, 3.8) is 0 Å². The molecule has 1 aliphatic heterocycles. The molecular formula is C26H34N2O2. The maximum atomic E-state index is 12.6. The number of aromatic nitrogens is 1. The highest BCUT2D eigenvalue weighted by Crippen LogP contribution is 2.47. The lowest BCUT2D eigenvalue weighted by atomic mass is 9.94. The zero-order chi connectivity index (χ0) is 21.1. The topological polar surface area (TPSA) is 42.4 Å². The molecule has 30 heavy (non-hydrogen) atoms. The molecule has 0 unspecified atom stereocenters. The average Bonchev–Trinajstić information content (AvgIpc) is 3.52. The zero-order valence-corrected chi connectivity index (χ0v) is 18.6. The van der Waals surface area contributed by atoms with E-state index in [1.165, 1.54) is 0 Å². The summed E-state index contributed by atoms with van der Waals surface area (Å²) in [4.78, 5) is 19.5. The Morgan fingerprint density at radius 1 is 1.27 bits per heavy atom. The number of hydrogen-bond donors (Lipinski definition) is 0. The molecule has 0 bridgehead atoms. The number of pyridine rings is 1. The Bertz CT molecular complexity index is 937. The summed E-state index contributed by atoms with van der Waals surface area (Å²) in [6.45, 7) is 8.88. The van der Waals surface area contributed by atoms with Crippen LogP contribution in [-0.2, 0) is 4.79 Å². The molecule has 0 atom stereocenters. The van der Waals surface area contributed by atoms with Gasteiger partial charge < -0.3 is 9.64 Å². The number of rotatable bonds is 7. The second-order valence-corrected chi connectivity index (χ2v) is 9.22. The van der Waals surface area contributed by atoms with Crippen molar-refractivity contribution in [2.24, 2.45) is 11.3 Å². The third-order valence-corrected chi connectivity index (χ3v) is 6.73. The van der Waals surface area contributed by atoms with Crippen LogP contribution in [0.3, 0.4) is 0 Å². The lowest BCUT2D eigenvalue weighted by molar-refractivity contribution is -0.137. The molecule has 2 aromatic rings. The minimum absolute atomic E-state index is 0.0526. The maximum Gasteiger partial charge on any atom is 0.228 e. The Labute approximate surface area is 180 Å². The molecule has 1 aromatic heterocycles. The van der Waals surface area contributed by atoms with Crippen molar-refractivity contribution in [3.8, 4) is 5.75 Å². The molecule has 1 aromatic carbocycles. The quantitative estimate of drug-likeness (QED) is 0.548. The number of carbonyl (C=O) groups excluding carboxylic acids is 1. The predicted octanol–water partition coefficient (Wildman–Crippen LogP) is 5.77. The van der Waals surface area contributed by atoms with Crippen LogP contribution in [0, 0.1) is 18.3 Å². The minimum Gasteiger partial charge on any atom is -0.493 e. The third kappa shape index (κ3) is 4.38. The van der Waals surface area contributed by atoms with E-state index in [1.54, 1.807) is 0 Å². The number of benzene rings is 1. The normalized spacial score (nSPS) is 18.8. The number of hydrogen-bond acceptors (Lipinski definition) is 3. The van der Waals surface area contributed by atoms with Crippen LogP contribution >= 0.6 is 0 Å². The summed E-state index contributed by atoms with van der Waals surface area (Å²) in [5.41, 5.74) is 3.02. The summed E-state index contributed by atoms with van der Waals surface area (Å²) < 4.78 is 6.18. The summed E-state index contributed by atoms with van der Waals surface area (Å²) >= 11 is 0. The molecule has 2 aliphatic rings. The molecule has 2 fully saturated rings. The van der Waals surface area contributed by atoms with Crippen molar-refractivity contribution in [1.29, 1.82) is 0 Å². The van der Waals surface area contributed by atoms with Gasteiger partial charge in [-0.1, -0.05) is 38.5 Å². The minimum atomic E-state index is -0.0526. The van der Waals surface area contributed by atoms with Crippen LogP contribution in [0.2, 0.25) is 0 Å². The Morgan fingerprint density at radius 3 is 2.70 bits per heavy atom. The zero-order valence-electron chi connectivity index (χ0n) is 18.6. The molecular weight excluding hydrogens is 372 g/mol. The SMILES string of the molecule is CCCCOc1c(C)c(/C=C/C2CCN(C(=O)C3(C)CC3)CC2)nc2ccccc12. The molecule has 0 N–H and O–H groups in total. The highest BCUT2D eigenvalue weighted by atomic mass is 16.5. The number of piperidine rings is 1. The van der Waals surface area contributed by atoms with Gasteiger partial charge in [0, 0.05) is 29.5 Å². The number of ether oxygens (including phenoxy) is 1. The Kier molecular flexibility index (Phi) is 6.12. The first-order valence-corrected chi connectivity index (χ1v) is 11.5. The number of unbranched alkanes of at least 4 members (excludes halogenated alkanes) is 1. The van der Waals surface area contributed by atoms with Gasteiger partial charge in [0.1, 0.15) is 5.75 Å². The first-order valence-electron chi connectivity index (χ1n) is 11.5. The fourth-order valence-electron chi connectivity index (χ4n) is 4.27. The summed E-state index contributed by atoms with van der Waals surface area (Å²) in [5, 5.41) is 1.09. The van der Waals surface area contributed by atoms with Gasteiger partial charge in [0.25, 0.3) is 0 Å². The van der Waals surface area contributed by atoms with Gasteiger partial charge in [0.05, 0.1) is 17.8 Å². The molecule has 4 heteroatoms. The highest BCUT2D eigenvalue weighted by molar-refractivity contribution is 5.88. The molecule has 4 nitrogen and oxygen atoms in total. The molecule has 2 heterocycles. The van der Waals surface area contributed by atoms with Gasteiger partial charge in [-0.2, -0.15) is 0 Å². The Morgan fingerprint density at radius 2 is 2.00 bits per heavy atom. The van der Waals surface area contributed by atoms with Crippen molar-refractivity contribution in [2.45, 2.75) is 59.3 Å². The van der Waals surface area contributed by atoms with Crippen molar-refractivity contribution in [3.05, 3.63) is 41.6 Å². The van der Waals surface area contributed by atoms with Crippen molar-refractivity contribution >= 4 is 22.9 Å². The standard InChI is InChI=1S/C26H34N2O2/c1-4-5-18-30-24-19(2)22(27-23-9-7-6-8-21(23)24)11-10-20-12-16-28(17-13-20)25(29)26(3)14-15-26/h6-11,20H,4-5,12-18H2,1-3H3/b11-10+. The molecule has 1 aliphatic carbocycles. The molecule has 1 amide bonds. The van der Waals surface area contributed by atoms with Gasteiger partial charge in [-0.25, -0.2) is 4.98 Å². The largest absolute Gasteiger partial charge is 0.493 e. The summed E-state index contributed by atoms with van der Waals surface area (Å²) in [6, 6.07) is 8.22. The lowest BCUT2D eigenvalue weighted by Crippen LogP contribution is -2.41. The third-order valence-electron chi connectivity index (χ3n) is 6.73. The fourth-order valence-corrected chi connectivity index (χ4v) is 4.27. The van der Waals surface area contributed by atoms with Gasteiger partial charge in [0.2, 0.25) is 5.91 Å². The van der Waals surface area contributed by atoms with Crippen LogP contribution in [-0.4, -0.2) is 35.5 Å². The molecule has 4 rings (SSSR count). The monoisotopic (exact) mass is 406 g/mol. The van der Waals surface area contributed by atoms with E-state index in [0.29, 0.717) is 11.8 Å². The maximum absolute atomic E-state index is 12.6. The lowest BCUT2D eigenvalue weighted by Gasteiger charge is -2.32. The van der Waals surface area contributed by atoms with Crippen LogP contribution in [0.5, 0.6) is 5.75 Å². The Hall–Kier alpha value is -2.36. The molecule has 1 saturated heterocycles. The molecule has 0 spiro atoms. The van der Waals surface area contributed by atoms with E-state index >= 15 is 0 Å². The summed E-state index contributed by atoms with van der Waals surface area (Å²) in [5.74, 6) is 1.83. The number of carbonyl (C=O) groups is 1. The van der Waals surface area contributed by atoms with Crippen molar-refractivity contribution in [1.82, 2.24) is 9.88 Å². The van der Waals surface area contributed by atoms with Crippen LogP contribution < -0.4 is 4.74 Å². The number of para-hydroxylation sites is 1. The summed E-state index contributed by atoms with van der Waals surface area (Å²) in [7, 11) is 0. The Balaban J connectivity index is 1.47. The van der Waals surface area contributed by atoms with Crippen LogP contribution in [0.4, 0.5) is 0 Å². The van der Waals surface area contributed by atoms with Gasteiger partial charge in [-0.15, -0.1) is 0 Å². The average molecular weight is 407 g/mol. The first-order chi connectivity index (χ1) is 14.5. The van der Waals surface area contributed by atoms with E-state index in [9.17, 15) is 4.79 Å². The number of nitrogens with zero attached hydrogens (tertiary/aromatic N) is 2. The van der Waals surface area contributed by atoms with E-state index < -0.39 is 0 Å². The van der Waals surface area contributed by atoms with Gasteiger partial charge in [-0.3, -0.25) is 4.79 Å². The second-order valence-electron chi connectivity index (χ2n) is 9.22. The summed E-state index contributed by atoms with van der Waals surface area (Å²) in [6.07, 6.45) is 10.8. The van der Waals surface area contributed by atoms with Crippen LogP contribution in [0.15, 0.2) is 30.3 Å². The van der Waals surface area contributed by atoms with E-state index in [2.05, 4.69) is 50.0 Å². The number of likely N-dealkylation sites (tertiary alicyclic amines) is 1. The predicted molar refractivity (Wildman–Crippen MR) is 123 cm³/mol. The molecule has 0 radical (unpaired) electrons. The van der Waals surface area contributed by atoms with Crippen LogP contribution in [0.25, 0.3) is 17.0 Å². The molecule has 160 valence electrons. The number of amides is 1. The highest BCUT2D eigenvalue weighted by Gasteiger charge is 2.47. The van der Waals surface area contributed by atoms with Gasteiger partial charge in [0.15, 0.2) is 0 Å². The van der Waals surface area contributed by atoms with Gasteiger partial charge in [-0.05, 0) is 63.2 Å². The number of fused-ring (bicyclic) bond motifs is 1. The number of allylic oxidation sites excluding steroid dienone is 1. The molecule has 1 saturated carbocycles. The van der Waals surface area contributed by atoms with E-state index in [-0.39, 0.29) is 5.41 Å². The fraction of sp³-hybridized carbons (Fsp3) is 0.538. The van der Waals surface area contributed by atoms with Crippen molar-refractivity contribution in [2.75, 3.05) is 19.7 Å². The second kappa shape index (κ2) is 8.79. The van der Waals surface area contributed by atoms with Crippen molar-refractivity contribution < 1.29 is 9.53 Å². The van der Waals surface area contributed by atoms with Gasteiger partial charge >= 0.3 is 0 Å². The first kappa shape index (κ1) is 20.9. The van der Waals surface area contributed by atoms with E-state index in [4.69, 9.17) is 9.72 Å². The smallest absolute Gasteiger partial charge is 0.228 e.